The lowest BCUT2D eigenvalue weighted by molar-refractivity contribution is -0.384. The Morgan fingerprint density at radius 3 is 2.55 bits per heavy atom. The normalized spacial score (nSPS) is 11.8. The first-order valence-corrected chi connectivity index (χ1v) is 9.80. The average Bonchev–Trinajstić information content (AvgIpc) is 3.19. The SMILES string of the molecule is Cc1ccc(SCC(=O)O[C@H](C)c2nnc(-c3ccc([N+](=O)[O-])cc3)o2)cc1C. The predicted molar refractivity (Wildman–Crippen MR) is 108 cm³/mol. The molecule has 8 nitrogen and oxygen atoms in total. The molecule has 3 aromatic rings. The number of thioether (sulfide) groups is 1. The Balaban J connectivity index is 1.57. The fourth-order valence-electron chi connectivity index (χ4n) is 2.47. The van der Waals surface area contributed by atoms with Gasteiger partial charge in [-0.05, 0) is 56.2 Å². The Morgan fingerprint density at radius 2 is 1.90 bits per heavy atom. The summed E-state index contributed by atoms with van der Waals surface area (Å²) in [7, 11) is 0. The van der Waals surface area contributed by atoms with Crippen LogP contribution >= 0.6 is 11.8 Å². The molecule has 1 heterocycles. The molecule has 3 rings (SSSR count). The van der Waals surface area contributed by atoms with Crippen LogP contribution in [0.1, 0.15) is 30.0 Å². The lowest BCUT2D eigenvalue weighted by Crippen LogP contribution is -2.11. The lowest BCUT2D eigenvalue weighted by atomic mass is 10.1. The van der Waals surface area contributed by atoms with Crippen LogP contribution in [0.25, 0.3) is 11.5 Å². The summed E-state index contributed by atoms with van der Waals surface area (Å²) in [5, 5.41) is 18.6. The molecule has 0 radical (unpaired) electrons. The number of carbonyl (C=O) groups is 1. The van der Waals surface area contributed by atoms with Crippen molar-refractivity contribution in [1.82, 2.24) is 10.2 Å². The van der Waals surface area contributed by atoms with Gasteiger partial charge in [-0.2, -0.15) is 0 Å². The van der Waals surface area contributed by atoms with Crippen molar-refractivity contribution < 1.29 is 18.9 Å². The van der Waals surface area contributed by atoms with Gasteiger partial charge < -0.3 is 9.15 Å². The fraction of sp³-hybridized carbons (Fsp3) is 0.250. The van der Waals surface area contributed by atoms with E-state index in [1.165, 1.54) is 47.2 Å². The fourth-order valence-corrected chi connectivity index (χ4v) is 3.25. The molecule has 0 aliphatic rings. The maximum atomic E-state index is 12.1. The second-order valence-corrected chi connectivity index (χ2v) is 7.47. The van der Waals surface area contributed by atoms with Crippen LogP contribution in [0, 0.1) is 24.0 Å². The second-order valence-electron chi connectivity index (χ2n) is 6.42. The Hall–Kier alpha value is -3.20. The van der Waals surface area contributed by atoms with Crippen molar-refractivity contribution in [1.29, 1.82) is 0 Å². The third-order valence-corrected chi connectivity index (χ3v) is 5.22. The molecule has 0 aliphatic carbocycles. The van der Waals surface area contributed by atoms with E-state index >= 15 is 0 Å². The molecule has 9 heteroatoms. The van der Waals surface area contributed by atoms with Crippen LogP contribution in [0.15, 0.2) is 51.8 Å². The van der Waals surface area contributed by atoms with E-state index in [9.17, 15) is 14.9 Å². The average molecular weight is 413 g/mol. The Morgan fingerprint density at radius 1 is 1.17 bits per heavy atom. The van der Waals surface area contributed by atoms with Gasteiger partial charge in [0.1, 0.15) is 0 Å². The standard InChI is InChI=1S/C20H19N3O5S/c1-12-4-9-17(10-13(12)2)29-11-18(24)27-14(3)19-21-22-20(28-19)15-5-7-16(8-6-15)23(25)26/h4-10,14H,11H2,1-3H3/t14-/m1/s1. The van der Waals surface area contributed by atoms with Crippen LogP contribution in [0.3, 0.4) is 0 Å². The number of nitro groups is 1. The number of hydrogen-bond acceptors (Lipinski definition) is 8. The Kier molecular flexibility index (Phi) is 6.28. The molecule has 29 heavy (non-hydrogen) atoms. The van der Waals surface area contributed by atoms with E-state index in [-0.39, 0.29) is 23.2 Å². The second kappa shape index (κ2) is 8.87. The molecule has 2 aromatic carbocycles. The maximum absolute atomic E-state index is 12.1. The number of aryl methyl sites for hydroxylation is 2. The van der Waals surface area contributed by atoms with E-state index in [2.05, 4.69) is 10.2 Å². The first kappa shape index (κ1) is 20.5. The number of rotatable bonds is 7. The summed E-state index contributed by atoms with van der Waals surface area (Å²) in [6, 6.07) is 11.8. The number of non-ortho nitro benzene ring substituents is 1. The number of esters is 1. The first-order chi connectivity index (χ1) is 13.8. The molecule has 0 fully saturated rings. The monoisotopic (exact) mass is 413 g/mol. The molecule has 0 bridgehead atoms. The largest absolute Gasteiger partial charge is 0.452 e. The molecule has 0 N–H and O–H groups in total. The highest BCUT2D eigenvalue weighted by molar-refractivity contribution is 8.00. The molecule has 0 saturated heterocycles. The minimum absolute atomic E-state index is 0.0305. The minimum atomic E-state index is -0.706. The quantitative estimate of drug-likeness (QED) is 0.238. The Bertz CT molecular complexity index is 1030. The summed E-state index contributed by atoms with van der Waals surface area (Å²) in [6.07, 6.45) is -0.706. The van der Waals surface area contributed by atoms with E-state index in [0.29, 0.717) is 5.56 Å². The smallest absolute Gasteiger partial charge is 0.317 e. The van der Waals surface area contributed by atoms with Gasteiger partial charge in [0.25, 0.3) is 11.6 Å². The van der Waals surface area contributed by atoms with Gasteiger partial charge in [-0.15, -0.1) is 22.0 Å². The number of ether oxygens (including phenoxy) is 1. The highest BCUT2D eigenvalue weighted by Crippen LogP contribution is 2.25. The van der Waals surface area contributed by atoms with Crippen molar-refractivity contribution in [3.05, 3.63) is 69.6 Å². The van der Waals surface area contributed by atoms with Gasteiger partial charge in [0, 0.05) is 22.6 Å². The van der Waals surface area contributed by atoms with Crippen molar-refractivity contribution in [2.75, 3.05) is 5.75 Å². The highest BCUT2D eigenvalue weighted by atomic mass is 32.2. The van der Waals surface area contributed by atoms with E-state index in [1.807, 2.05) is 32.0 Å². The zero-order valence-corrected chi connectivity index (χ0v) is 16.9. The lowest BCUT2D eigenvalue weighted by Gasteiger charge is -2.09. The summed E-state index contributed by atoms with van der Waals surface area (Å²) in [5.74, 6) is 0.122. The van der Waals surface area contributed by atoms with Crippen LogP contribution in [-0.2, 0) is 9.53 Å². The molecular weight excluding hydrogens is 394 g/mol. The minimum Gasteiger partial charge on any atom is -0.452 e. The first-order valence-electron chi connectivity index (χ1n) is 8.81. The molecule has 0 amide bonds. The van der Waals surface area contributed by atoms with Crippen molar-refractivity contribution in [3.63, 3.8) is 0 Å². The zero-order chi connectivity index (χ0) is 21.0. The van der Waals surface area contributed by atoms with Gasteiger partial charge in [-0.3, -0.25) is 14.9 Å². The van der Waals surface area contributed by atoms with Gasteiger partial charge in [0.15, 0.2) is 6.10 Å². The van der Waals surface area contributed by atoms with Gasteiger partial charge in [0.2, 0.25) is 5.89 Å². The molecule has 0 aliphatic heterocycles. The van der Waals surface area contributed by atoms with Crippen LogP contribution in [0.4, 0.5) is 5.69 Å². The number of carbonyl (C=O) groups excluding carboxylic acids is 1. The zero-order valence-electron chi connectivity index (χ0n) is 16.1. The van der Waals surface area contributed by atoms with E-state index < -0.39 is 17.0 Å². The van der Waals surface area contributed by atoms with E-state index in [0.717, 1.165) is 4.90 Å². The third kappa shape index (κ3) is 5.20. The number of hydrogen-bond donors (Lipinski definition) is 0. The topological polar surface area (TPSA) is 108 Å². The third-order valence-electron chi connectivity index (χ3n) is 4.26. The number of nitrogens with zero attached hydrogens (tertiary/aromatic N) is 3. The molecule has 0 spiro atoms. The van der Waals surface area contributed by atoms with Gasteiger partial charge in [-0.1, -0.05) is 6.07 Å². The Labute approximate surface area is 171 Å². The summed E-state index contributed by atoms with van der Waals surface area (Å²) >= 11 is 1.40. The van der Waals surface area contributed by atoms with Crippen molar-refractivity contribution in [3.8, 4) is 11.5 Å². The van der Waals surface area contributed by atoms with Crippen molar-refractivity contribution in [2.45, 2.75) is 31.8 Å². The van der Waals surface area contributed by atoms with Gasteiger partial charge in [0.05, 0.1) is 10.7 Å². The van der Waals surface area contributed by atoms with Crippen LogP contribution < -0.4 is 0 Å². The number of benzene rings is 2. The molecular formula is C20H19N3O5S. The number of nitro benzene ring substituents is 1. The summed E-state index contributed by atoms with van der Waals surface area (Å²) in [4.78, 5) is 23.4. The summed E-state index contributed by atoms with van der Waals surface area (Å²) in [6.45, 7) is 5.71. The van der Waals surface area contributed by atoms with Crippen molar-refractivity contribution >= 4 is 23.4 Å². The van der Waals surface area contributed by atoms with Gasteiger partial charge >= 0.3 is 5.97 Å². The van der Waals surface area contributed by atoms with Crippen molar-refractivity contribution in [2.24, 2.45) is 0 Å². The highest BCUT2D eigenvalue weighted by Gasteiger charge is 2.19. The predicted octanol–water partition coefficient (Wildman–Crippen LogP) is 4.66. The molecule has 0 unspecified atom stereocenters. The van der Waals surface area contributed by atoms with Crippen LogP contribution in [0.5, 0.6) is 0 Å². The van der Waals surface area contributed by atoms with E-state index in [1.54, 1.807) is 6.92 Å². The maximum Gasteiger partial charge on any atom is 0.317 e. The summed E-state index contributed by atoms with van der Waals surface area (Å²) < 4.78 is 10.9. The molecule has 1 atom stereocenters. The van der Waals surface area contributed by atoms with E-state index in [4.69, 9.17) is 9.15 Å². The van der Waals surface area contributed by atoms with Crippen LogP contribution in [0.2, 0.25) is 0 Å². The number of aromatic nitrogens is 2. The molecule has 1 aromatic heterocycles. The summed E-state index contributed by atoms with van der Waals surface area (Å²) in [5.41, 5.74) is 2.88. The molecule has 150 valence electrons. The van der Waals surface area contributed by atoms with Crippen LogP contribution in [-0.4, -0.2) is 26.8 Å². The molecule has 0 saturated carbocycles. The van der Waals surface area contributed by atoms with Gasteiger partial charge in [-0.25, -0.2) is 0 Å².